The molecule has 124 valence electrons. The SMILES string of the molecule is C=CCNC(=O)c1nnc2n(c1=O)CCN2c1ccc(OC)cc1. The Kier molecular flexibility index (Phi) is 4.28. The number of fused-ring (bicyclic) bond motifs is 1. The third-order valence-electron chi connectivity index (χ3n) is 3.72. The van der Waals surface area contributed by atoms with Gasteiger partial charge in [-0.1, -0.05) is 6.08 Å². The molecule has 1 N–H and O–H groups in total. The van der Waals surface area contributed by atoms with E-state index in [0.29, 0.717) is 19.0 Å². The molecular formula is C16H17N5O3. The number of hydrogen-bond acceptors (Lipinski definition) is 6. The number of nitrogens with zero attached hydrogens (tertiary/aromatic N) is 4. The van der Waals surface area contributed by atoms with Crippen LogP contribution in [-0.4, -0.2) is 40.9 Å². The Morgan fingerprint density at radius 2 is 2.08 bits per heavy atom. The molecule has 3 rings (SSSR count). The van der Waals surface area contributed by atoms with Crippen LogP contribution < -0.4 is 20.5 Å². The first kappa shape index (κ1) is 15.7. The Bertz CT molecular complexity index is 829. The minimum atomic E-state index is -0.550. The highest BCUT2D eigenvalue weighted by Crippen LogP contribution is 2.27. The average Bonchev–Trinajstić information content (AvgIpc) is 3.05. The molecule has 0 saturated carbocycles. The van der Waals surface area contributed by atoms with Crippen molar-refractivity contribution >= 4 is 17.5 Å². The molecule has 8 heteroatoms. The second-order valence-corrected chi connectivity index (χ2v) is 5.15. The van der Waals surface area contributed by atoms with Crippen molar-refractivity contribution in [2.24, 2.45) is 0 Å². The predicted octanol–water partition coefficient (Wildman–Crippen LogP) is 0.714. The number of aromatic nitrogens is 3. The topological polar surface area (TPSA) is 89.3 Å². The summed E-state index contributed by atoms with van der Waals surface area (Å²) in [4.78, 5) is 26.3. The van der Waals surface area contributed by atoms with Gasteiger partial charge in [0.2, 0.25) is 11.6 Å². The first-order chi connectivity index (χ1) is 11.7. The molecule has 24 heavy (non-hydrogen) atoms. The van der Waals surface area contributed by atoms with Crippen molar-refractivity contribution in [1.82, 2.24) is 20.1 Å². The zero-order valence-electron chi connectivity index (χ0n) is 13.2. The lowest BCUT2D eigenvalue weighted by atomic mass is 10.3. The van der Waals surface area contributed by atoms with Crippen molar-refractivity contribution in [2.45, 2.75) is 6.54 Å². The van der Waals surface area contributed by atoms with E-state index in [-0.39, 0.29) is 12.2 Å². The van der Waals surface area contributed by atoms with Crippen molar-refractivity contribution < 1.29 is 9.53 Å². The van der Waals surface area contributed by atoms with Crippen LogP contribution in [0.25, 0.3) is 0 Å². The highest BCUT2D eigenvalue weighted by Gasteiger charge is 2.27. The summed E-state index contributed by atoms with van der Waals surface area (Å²) < 4.78 is 6.60. The van der Waals surface area contributed by atoms with E-state index in [0.717, 1.165) is 11.4 Å². The Hall–Kier alpha value is -3.16. The van der Waals surface area contributed by atoms with Gasteiger partial charge in [0.25, 0.3) is 11.5 Å². The van der Waals surface area contributed by atoms with Gasteiger partial charge in [0.05, 0.1) is 7.11 Å². The van der Waals surface area contributed by atoms with Crippen molar-refractivity contribution in [3.05, 3.63) is 53.0 Å². The van der Waals surface area contributed by atoms with Gasteiger partial charge in [-0.25, -0.2) is 0 Å². The van der Waals surface area contributed by atoms with Gasteiger partial charge < -0.3 is 15.0 Å². The molecule has 0 radical (unpaired) electrons. The number of amides is 1. The van der Waals surface area contributed by atoms with E-state index in [4.69, 9.17) is 4.74 Å². The van der Waals surface area contributed by atoms with Gasteiger partial charge in [-0.3, -0.25) is 14.2 Å². The second-order valence-electron chi connectivity index (χ2n) is 5.15. The van der Waals surface area contributed by atoms with E-state index in [1.807, 2.05) is 29.2 Å². The van der Waals surface area contributed by atoms with Gasteiger partial charge in [0.1, 0.15) is 5.75 Å². The van der Waals surface area contributed by atoms with E-state index in [1.165, 1.54) is 10.6 Å². The Balaban J connectivity index is 1.92. The van der Waals surface area contributed by atoms with Crippen molar-refractivity contribution in [3.8, 4) is 5.75 Å². The predicted molar refractivity (Wildman–Crippen MR) is 88.8 cm³/mol. The van der Waals surface area contributed by atoms with Crippen LogP contribution in [0.5, 0.6) is 5.75 Å². The number of carbonyl (C=O) groups excluding carboxylic acids is 1. The highest BCUT2D eigenvalue weighted by atomic mass is 16.5. The monoisotopic (exact) mass is 327 g/mol. The number of anilines is 2. The second kappa shape index (κ2) is 6.53. The minimum Gasteiger partial charge on any atom is -0.497 e. The smallest absolute Gasteiger partial charge is 0.286 e. The number of benzene rings is 1. The van der Waals surface area contributed by atoms with Crippen LogP contribution in [-0.2, 0) is 6.54 Å². The van der Waals surface area contributed by atoms with E-state index in [2.05, 4.69) is 22.1 Å². The molecule has 1 aromatic heterocycles. The van der Waals surface area contributed by atoms with Crippen LogP contribution in [0, 0.1) is 0 Å². The molecule has 0 fully saturated rings. The molecule has 1 aromatic carbocycles. The van der Waals surface area contributed by atoms with Crippen molar-refractivity contribution in [3.63, 3.8) is 0 Å². The molecule has 0 saturated heterocycles. The van der Waals surface area contributed by atoms with E-state index < -0.39 is 11.5 Å². The Labute approximate surface area is 138 Å². The lowest BCUT2D eigenvalue weighted by molar-refractivity contribution is 0.0949. The number of rotatable bonds is 5. The maximum atomic E-state index is 12.5. The summed E-state index contributed by atoms with van der Waals surface area (Å²) in [5, 5.41) is 10.4. The van der Waals surface area contributed by atoms with Gasteiger partial charge >= 0.3 is 0 Å². The van der Waals surface area contributed by atoms with E-state index in [1.54, 1.807) is 7.11 Å². The molecule has 0 spiro atoms. The van der Waals surface area contributed by atoms with Gasteiger partial charge in [0.15, 0.2) is 0 Å². The summed E-state index contributed by atoms with van der Waals surface area (Å²) in [5.74, 6) is 0.617. The zero-order chi connectivity index (χ0) is 17.1. The van der Waals surface area contributed by atoms with Crippen LogP contribution in [0.1, 0.15) is 10.5 Å². The fourth-order valence-electron chi connectivity index (χ4n) is 2.51. The van der Waals surface area contributed by atoms with Crippen LogP contribution in [0.4, 0.5) is 11.6 Å². The van der Waals surface area contributed by atoms with Gasteiger partial charge in [-0.2, -0.15) is 0 Å². The molecule has 2 aromatic rings. The first-order valence-corrected chi connectivity index (χ1v) is 7.44. The summed E-state index contributed by atoms with van der Waals surface area (Å²) in [6.07, 6.45) is 1.53. The average molecular weight is 327 g/mol. The number of methoxy groups -OCH3 is 1. The third kappa shape index (κ3) is 2.73. The molecule has 0 aliphatic carbocycles. The molecule has 0 unspecified atom stereocenters. The number of ether oxygens (including phenoxy) is 1. The molecule has 2 heterocycles. The van der Waals surface area contributed by atoms with E-state index in [9.17, 15) is 9.59 Å². The summed E-state index contributed by atoms with van der Waals surface area (Å²) in [6.45, 7) is 4.80. The maximum Gasteiger partial charge on any atom is 0.286 e. The summed E-state index contributed by atoms with van der Waals surface area (Å²) >= 11 is 0. The summed E-state index contributed by atoms with van der Waals surface area (Å²) in [6, 6.07) is 7.43. The summed E-state index contributed by atoms with van der Waals surface area (Å²) in [5.41, 5.74) is 0.217. The zero-order valence-corrected chi connectivity index (χ0v) is 13.2. The van der Waals surface area contributed by atoms with Gasteiger partial charge in [-0.05, 0) is 24.3 Å². The van der Waals surface area contributed by atoms with Crippen molar-refractivity contribution in [2.75, 3.05) is 25.1 Å². The summed E-state index contributed by atoms with van der Waals surface area (Å²) in [7, 11) is 1.60. The van der Waals surface area contributed by atoms with Crippen LogP contribution in [0.15, 0.2) is 41.7 Å². The maximum absolute atomic E-state index is 12.5. The lowest BCUT2D eigenvalue weighted by Crippen LogP contribution is -2.35. The molecule has 1 aliphatic heterocycles. The standard InChI is InChI=1S/C16H17N5O3/c1-3-8-17-14(22)13-15(23)21-10-9-20(16(21)19-18-13)11-4-6-12(24-2)7-5-11/h3-7H,1,8-10H2,2H3,(H,17,22). The quantitative estimate of drug-likeness (QED) is 0.814. The Morgan fingerprint density at radius 3 is 2.75 bits per heavy atom. The number of hydrogen-bond donors (Lipinski definition) is 1. The normalized spacial score (nSPS) is 12.6. The van der Waals surface area contributed by atoms with Crippen LogP contribution >= 0.6 is 0 Å². The molecular weight excluding hydrogens is 310 g/mol. The Morgan fingerprint density at radius 1 is 1.33 bits per heavy atom. The number of nitrogens with one attached hydrogen (secondary N) is 1. The van der Waals surface area contributed by atoms with Gasteiger partial charge in [-0.15, -0.1) is 16.8 Å². The molecule has 1 aliphatic rings. The first-order valence-electron chi connectivity index (χ1n) is 7.44. The van der Waals surface area contributed by atoms with Crippen LogP contribution in [0.3, 0.4) is 0 Å². The molecule has 0 bridgehead atoms. The minimum absolute atomic E-state index is 0.211. The highest BCUT2D eigenvalue weighted by molar-refractivity contribution is 5.91. The van der Waals surface area contributed by atoms with E-state index >= 15 is 0 Å². The molecule has 8 nitrogen and oxygen atoms in total. The van der Waals surface area contributed by atoms with Crippen LogP contribution in [0.2, 0.25) is 0 Å². The largest absolute Gasteiger partial charge is 0.497 e. The molecule has 1 amide bonds. The van der Waals surface area contributed by atoms with Gasteiger partial charge in [0, 0.05) is 25.3 Å². The fraction of sp³-hybridized carbons (Fsp3) is 0.250. The van der Waals surface area contributed by atoms with Crippen molar-refractivity contribution in [1.29, 1.82) is 0 Å². The molecule has 0 atom stereocenters. The fourth-order valence-corrected chi connectivity index (χ4v) is 2.51. The number of carbonyl (C=O) groups is 1. The lowest BCUT2D eigenvalue weighted by Gasteiger charge is -2.17. The third-order valence-corrected chi connectivity index (χ3v) is 3.72.